The van der Waals surface area contributed by atoms with Gasteiger partial charge in [-0.3, -0.25) is 19.2 Å². The summed E-state index contributed by atoms with van der Waals surface area (Å²) in [6.45, 7) is 3.40. The Hall–Kier alpha value is -1.57. The van der Waals surface area contributed by atoms with E-state index in [-0.39, 0.29) is 13.0 Å². The first-order chi connectivity index (χ1) is 8.73. The third-order valence-electron chi connectivity index (χ3n) is 1.90. The van der Waals surface area contributed by atoms with Crippen LogP contribution in [0.5, 0.6) is 0 Å². The smallest absolute Gasteiger partial charge is 0.303 e. The Balaban J connectivity index is 4.74. The maximum absolute atomic E-state index is 11.3. The molecule has 0 aliphatic carbocycles. The summed E-state index contributed by atoms with van der Waals surface area (Å²) in [4.78, 5) is 43.8. The lowest BCUT2D eigenvalue weighted by Gasteiger charge is -2.23. The van der Waals surface area contributed by atoms with Gasteiger partial charge < -0.3 is 14.2 Å². The Morgan fingerprint density at radius 1 is 0.947 bits per heavy atom. The molecule has 0 amide bonds. The van der Waals surface area contributed by atoms with E-state index < -0.39 is 35.2 Å². The van der Waals surface area contributed by atoms with Crippen molar-refractivity contribution in [2.45, 2.75) is 39.4 Å². The third kappa shape index (κ3) is 8.20. The molecule has 0 radical (unpaired) electrons. The quantitative estimate of drug-likeness (QED) is 0.408. The molecule has 0 aromatic rings. The Bertz CT molecular complexity index is 366. The summed E-state index contributed by atoms with van der Waals surface area (Å²) in [5.74, 6) is -1.88. The molecule has 2 atom stereocenters. The SMILES string of the molecule is CC(=O)OCC[C@H](OC(C)=O)[C@H](OC(C)=O)C(=O)S. The van der Waals surface area contributed by atoms with Gasteiger partial charge in [-0.25, -0.2) is 0 Å². The average molecular weight is 292 g/mol. The van der Waals surface area contributed by atoms with Crippen molar-refractivity contribution in [2.24, 2.45) is 0 Å². The number of hydrogen-bond donors (Lipinski definition) is 1. The lowest BCUT2D eigenvalue weighted by molar-refractivity contribution is -0.169. The molecule has 0 spiro atoms. The Labute approximate surface area is 116 Å². The standard InChI is InChI=1S/C11H16O7S/c1-6(12)16-5-4-9(17-7(2)13)10(11(15)19)18-8(3)14/h9-10H,4-5H2,1-3H3,(H,15,19)/t9-,10-/m0/s1. The van der Waals surface area contributed by atoms with Crippen molar-refractivity contribution in [1.29, 1.82) is 0 Å². The van der Waals surface area contributed by atoms with Crippen LogP contribution < -0.4 is 0 Å². The Kier molecular flexibility index (Phi) is 7.81. The zero-order valence-electron chi connectivity index (χ0n) is 10.9. The Morgan fingerprint density at radius 3 is 1.84 bits per heavy atom. The fraction of sp³-hybridized carbons (Fsp3) is 0.636. The predicted molar refractivity (Wildman–Crippen MR) is 66.4 cm³/mol. The van der Waals surface area contributed by atoms with E-state index in [2.05, 4.69) is 17.4 Å². The van der Waals surface area contributed by atoms with Crippen LogP contribution in [0.25, 0.3) is 0 Å². The van der Waals surface area contributed by atoms with Crippen molar-refractivity contribution in [3.05, 3.63) is 0 Å². The van der Waals surface area contributed by atoms with Gasteiger partial charge in [0.25, 0.3) is 0 Å². The molecule has 0 unspecified atom stereocenters. The molecule has 0 aromatic heterocycles. The number of hydrogen-bond acceptors (Lipinski definition) is 7. The first-order valence-electron chi connectivity index (χ1n) is 5.44. The highest BCUT2D eigenvalue weighted by Crippen LogP contribution is 2.13. The van der Waals surface area contributed by atoms with E-state index in [9.17, 15) is 19.2 Å². The number of carbonyl (C=O) groups is 4. The van der Waals surface area contributed by atoms with E-state index in [1.54, 1.807) is 0 Å². The number of thiol groups is 1. The minimum absolute atomic E-state index is 0.0173. The molecule has 0 heterocycles. The summed E-state index contributed by atoms with van der Waals surface area (Å²) >= 11 is 3.58. The third-order valence-corrected chi connectivity index (χ3v) is 2.15. The largest absolute Gasteiger partial charge is 0.466 e. The molecule has 0 aromatic carbocycles. The zero-order valence-corrected chi connectivity index (χ0v) is 11.8. The molecule has 0 rings (SSSR count). The fourth-order valence-electron chi connectivity index (χ4n) is 1.27. The van der Waals surface area contributed by atoms with Crippen molar-refractivity contribution in [2.75, 3.05) is 6.61 Å². The van der Waals surface area contributed by atoms with E-state index in [4.69, 9.17) is 9.47 Å². The molecular formula is C11H16O7S. The summed E-state index contributed by atoms with van der Waals surface area (Å²) < 4.78 is 14.3. The van der Waals surface area contributed by atoms with Crippen molar-refractivity contribution in [3.8, 4) is 0 Å². The van der Waals surface area contributed by atoms with Crippen molar-refractivity contribution >= 4 is 35.7 Å². The topological polar surface area (TPSA) is 96.0 Å². The summed E-state index contributed by atoms with van der Waals surface area (Å²) in [6, 6.07) is 0. The minimum atomic E-state index is -1.33. The highest BCUT2D eigenvalue weighted by molar-refractivity contribution is 7.96. The molecule has 19 heavy (non-hydrogen) atoms. The van der Waals surface area contributed by atoms with Crippen LogP contribution in [-0.2, 0) is 33.4 Å². The first kappa shape index (κ1) is 17.4. The van der Waals surface area contributed by atoms with E-state index in [1.807, 2.05) is 0 Å². The van der Waals surface area contributed by atoms with Gasteiger partial charge in [-0.2, -0.15) is 0 Å². The van der Waals surface area contributed by atoms with E-state index in [1.165, 1.54) is 6.92 Å². The van der Waals surface area contributed by atoms with Gasteiger partial charge in [-0.15, -0.1) is 12.6 Å². The molecule has 0 N–H and O–H groups in total. The second-order valence-electron chi connectivity index (χ2n) is 3.64. The van der Waals surface area contributed by atoms with Crippen molar-refractivity contribution < 1.29 is 33.4 Å². The van der Waals surface area contributed by atoms with Gasteiger partial charge in [0.1, 0.15) is 6.10 Å². The summed E-state index contributed by atoms with van der Waals surface area (Å²) in [6.07, 6.45) is -2.37. The van der Waals surface area contributed by atoms with Crippen LogP contribution >= 0.6 is 12.6 Å². The number of ether oxygens (including phenoxy) is 3. The van der Waals surface area contributed by atoms with Gasteiger partial charge in [0.15, 0.2) is 0 Å². The highest BCUT2D eigenvalue weighted by Gasteiger charge is 2.32. The molecule has 108 valence electrons. The van der Waals surface area contributed by atoms with Crippen LogP contribution in [0.4, 0.5) is 0 Å². The van der Waals surface area contributed by atoms with Gasteiger partial charge >= 0.3 is 17.9 Å². The molecule has 0 saturated heterocycles. The van der Waals surface area contributed by atoms with Crippen molar-refractivity contribution in [1.82, 2.24) is 0 Å². The van der Waals surface area contributed by atoms with Crippen LogP contribution in [0, 0.1) is 0 Å². The molecule has 0 aliphatic rings. The second-order valence-corrected chi connectivity index (χ2v) is 4.09. The molecule has 8 heteroatoms. The maximum Gasteiger partial charge on any atom is 0.303 e. The monoisotopic (exact) mass is 292 g/mol. The number of esters is 3. The van der Waals surface area contributed by atoms with Gasteiger partial charge in [0.2, 0.25) is 11.2 Å². The van der Waals surface area contributed by atoms with Gasteiger partial charge in [0.05, 0.1) is 6.61 Å². The molecule has 7 nitrogen and oxygen atoms in total. The second kappa shape index (κ2) is 8.52. The highest BCUT2D eigenvalue weighted by atomic mass is 32.1. The van der Waals surface area contributed by atoms with Gasteiger partial charge in [-0.05, 0) is 0 Å². The van der Waals surface area contributed by atoms with Crippen LogP contribution in [0.15, 0.2) is 0 Å². The summed E-state index contributed by atoms with van der Waals surface area (Å²) in [5, 5.41) is -0.760. The van der Waals surface area contributed by atoms with Crippen LogP contribution in [0.3, 0.4) is 0 Å². The number of rotatable bonds is 7. The maximum atomic E-state index is 11.3. The van der Waals surface area contributed by atoms with E-state index >= 15 is 0 Å². The van der Waals surface area contributed by atoms with Crippen LogP contribution in [-0.4, -0.2) is 41.8 Å². The minimum Gasteiger partial charge on any atom is -0.466 e. The van der Waals surface area contributed by atoms with Gasteiger partial charge in [0, 0.05) is 27.2 Å². The lowest BCUT2D eigenvalue weighted by atomic mass is 10.1. The molecule has 0 aliphatic heterocycles. The summed E-state index contributed by atoms with van der Waals surface area (Å²) in [7, 11) is 0. The van der Waals surface area contributed by atoms with Gasteiger partial charge in [-0.1, -0.05) is 0 Å². The predicted octanol–water partition coefficient (Wildman–Crippen LogP) is 0.259. The van der Waals surface area contributed by atoms with Crippen molar-refractivity contribution in [3.63, 3.8) is 0 Å². The van der Waals surface area contributed by atoms with Crippen LogP contribution in [0.1, 0.15) is 27.2 Å². The lowest BCUT2D eigenvalue weighted by Crippen LogP contribution is -2.39. The molecular weight excluding hydrogens is 276 g/mol. The normalized spacial score (nSPS) is 13.1. The molecule has 0 bridgehead atoms. The fourth-order valence-corrected chi connectivity index (χ4v) is 1.49. The van der Waals surface area contributed by atoms with E-state index in [0.29, 0.717) is 0 Å². The molecule has 0 saturated carbocycles. The van der Waals surface area contributed by atoms with Crippen LogP contribution in [0.2, 0.25) is 0 Å². The Morgan fingerprint density at radius 2 is 1.47 bits per heavy atom. The first-order valence-corrected chi connectivity index (χ1v) is 5.89. The average Bonchev–Trinajstić information content (AvgIpc) is 2.22. The van der Waals surface area contributed by atoms with E-state index in [0.717, 1.165) is 13.8 Å². The number of carbonyl (C=O) groups excluding carboxylic acids is 4. The zero-order chi connectivity index (χ0) is 15.0. The summed E-state index contributed by atoms with van der Waals surface area (Å²) in [5.41, 5.74) is 0. The molecule has 0 fully saturated rings.